The van der Waals surface area contributed by atoms with Crippen molar-refractivity contribution in [3.8, 4) is 28.0 Å². The second kappa shape index (κ2) is 11.4. The van der Waals surface area contributed by atoms with Crippen molar-refractivity contribution in [2.75, 3.05) is 5.32 Å². The molecular weight excluding hydrogens is 484 g/mol. The van der Waals surface area contributed by atoms with Crippen LogP contribution in [-0.4, -0.2) is 23.2 Å². The van der Waals surface area contributed by atoms with Gasteiger partial charge in [-0.1, -0.05) is 60.7 Å². The molecule has 0 saturated heterocycles. The number of anilines is 1. The van der Waals surface area contributed by atoms with Crippen molar-refractivity contribution in [3.05, 3.63) is 102 Å². The average molecular weight is 500 g/mol. The number of aromatic carboxylic acids is 1. The Bertz CT molecular complexity index is 1400. The molecule has 1 heterocycles. The quantitative estimate of drug-likeness (QED) is 0.409. The molecule has 0 aliphatic rings. The third-order valence-electron chi connectivity index (χ3n) is 5.02. The van der Waals surface area contributed by atoms with E-state index in [1.807, 2.05) is 30.3 Å². The largest absolute Gasteiger partial charge is 1.00 e. The Morgan fingerprint density at radius 1 is 0.833 bits per heavy atom. The van der Waals surface area contributed by atoms with Crippen LogP contribution >= 0.6 is 0 Å². The van der Waals surface area contributed by atoms with Crippen LogP contribution in [0.3, 0.4) is 0 Å². The van der Waals surface area contributed by atoms with Crippen LogP contribution in [0.25, 0.3) is 22.3 Å². The van der Waals surface area contributed by atoms with Gasteiger partial charge in [0.2, 0.25) is 0 Å². The Hall–Kier alpha value is -3.66. The maximum Gasteiger partial charge on any atom is 1.00 e. The first-order chi connectivity index (χ1) is 16.7. The number of hydrogen-bond acceptors (Lipinski definition) is 5. The van der Waals surface area contributed by atoms with Crippen molar-refractivity contribution in [2.45, 2.75) is 6.36 Å². The van der Waals surface area contributed by atoms with Gasteiger partial charge >= 0.3 is 35.9 Å². The molecule has 6 nitrogen and oxygen atoms in total. The van der Waals surface area contributed by atoms with Gasteiger partial charge in [-0.15, -0.1) is 13.2 Å². The second-order valence-corrected chi connectivity index (χ2v) is 7.37. The summed E-state index contributed by atoms with van der Waals surface area (Å²) >= 11 is 0. The van der Waals surface area contributed by atoms with Gasteiger partial charge in [0.15, 0.2) is 0 Å². The van der Waals surface area contributed by atoms with E-state index in [1.165, 1.54) is 36.5 Å². The Kier molecular flexibility index (Phi) is 8.52. The molecule has 3 aromatic carbocycles. The van der Waals surface area contributed by atoms with Gasteiger partial charge in [-0.05, 0) is 29.3 Å². The number of carboxylic acid groups (broad SMARTS) is 1. The number of aromatic nitrogens is 1. The molecule has 0 aliphatic heterocycles. The minimum atomic E-state index is -4.92. The monoisotopic (exact) mass is 500 g/mol. The molecule has 0 unspecified atom stereocenters. The van der Waals surface area contributed by atoms with E-state index in [0.29, 0.717) is 5.56 Å². The summed E-state index contributed by atoms with van der Waals surface area (Å²) in [5.74, 6) is -2.70. The van der Waals surface area contributed by atoms with E-state index in [4.69, 9.17) is 0 Å². The molecule has 4 aromatic rings. The molecule has 1 aromatic heterocycles. The Morgan fingerprint density at radius 3 is 2.22 bits per heavy atom. The number of nitrogens with zero attached hydrogens (tertiary/aromatic N) is 1. The van der Waals surface area contributed by atoms with Crippen molar-refractivity contribution in [1.29, 1.82) is 0 Å². The summed E-state index contributed by atoms with van der Waals surface area (Å²) in [5.41, 5.74) is 1.41. The van der Waals surface area contributed by atoms with Gasteiger partial charge in [0.05, 0.1) is 17.2 Å². The van der Waals surface area contributed by atoms with Gasteiger partial charge in [-0.2, -0.15) is 0 Å². The van der Waals surface area contributed by atoms with E-state index < -0.39 is 24.0 Å². The van der Waals surface area contributed by atoms with Gasteiger partial charge in [0, 0.05) is 29.1 Å². The third kappa shape index (κ3) is 6.51. The van der Waals surface area contributed by atoms with Crippen LogP contribution < -0.4 is 44.7 Å². The Balaban J connectivity index is 0.00000361. The number of nitrogens with one attached hydrogen (secondary N) is 1. The number of halogens is 3. The van der Waals surface area contributed by atoms with Crippen molar-refractivity contribution < 1.29 is 62.2 Å². The molecule has 1 N–H and O–H groups in total. The number of rotatable bonds is 6. The van der Waals surface area contributed by atoms with E-state index in [-0.39, 0.29) is 57.5 Å². The number of ether oxygens (including phenoxy) is 1. The summed E-state index contributed by atoms with van der Waals surface area (Å²) in [6.07, 6.45) is -2.03. The molecule has 0 bridgehead atoms. The van der Waals surface area contributed by atoms with Crippen LogP contribution in [0, 0.1) is 0 Å². The molecule has 0 saturated carbocycles. The van der Waals surface area contributed by atoms with Crippen LogP contribution in [0.1, 0.15) is 20.7 Å². The summed E-state index contributed by atoms with van der Waals surface area (Å²) in [7, 11) is 0. The second-order valence-electron chi connectivity index (χ2n) is 7.37. The number of benzene rings is 3. The van der Waals surface area contributed by atoms with E-state index in [0.717, 1.165) is 17.7 Å². The Morgan fingerprint density at radius 2 is 1.53 bits per heavy atom. The topological polar surface area (TPSA) is 91.3 Å². The van der Waals surface area contributed by atoms with Crippen molar-refractivity contribution in [1.82, 2.24) is 4.98 Å². The van der Waals surface area contributed by atoms with Crippen molar-refractivity contribution >= 4 is 17.6 Å². The minimum absolute atomic E-state index is 0. The standard InChI is InChI=1S/C26H17F3N2O4.Na/c27-26(28,29)35-23-9-5-4-8-20(23)17-10-11-21(25(33)34)22(13-17)31-24(32)19-12-18(14-30-15-19)16-6-2-1-3-7-16;/h1-15H,(H,31,32)(H,33,34);/q;+1/p-1. The smallest absolute Gasteiger partial charge is 0.545 e. The number of pyridine rings is 1. The van der Waals surface area contributed by atoms with Crippen molar-refractivity contribution in [2.24, 2.45) is 0 Å². The van der Waals surface area contributed by atoms with E-state index in [2.05, 4.69) is 15.0 Å². The predicted octanol–water partition coefficient (Wildman–Crippen LogP) is 1.93. The fourth-order valence-electron chi connectivity index (χ4n) is 3.46. The first kappa shape index (κ1) is 26.9. The molecule has 0 aliphatic carbocycles. The predicted molar refractivity (Wildman–Crippen MR) is 121 cm³/mol. The summed E-state index contributed by atoms with van der Waals surface area (Å²) in [6.45, 7) is 0. The summed E-state index contributed by atoms with van der Waals surface area (Å²) in [4.78, 5) is 28.6. The molecule has 0 radical (unpaired) electrons. The zero-order valence-corrected chi connectivity index (χ0v) is 20.9. The molecule has 0 atom stereocenters. The molecule has 4 rings (SSSR count). The number of amides is 1. The van der Waals surface area contributed by atoms with E-state index >= 15 is 0 Å². The van der Waals surface area contributed by atoms with E-state index in [9.17, 15) is 27.9 Å². The third-order valence-corrected chi connectivity index (χ3v) is 5.02. The van der Waals surface area contributed by atoms with Gasteiger partial charge in [0.1, 0.15) is 5.75 Å². The summed E-state index contributed by atoms with van der Waals surface area (Å²) < 4.78 is 42.6. The zero-order chi connectivity index (χ0) is 25.0. The molecule has 0 spiro atoms. The molecular formula is C26H16F3N2NaO4. The van der Waals surface area contributed by atoms with Gasteiger partial charge in [-0.25, -0.2) is 0 Å². The zero-order valence-electron chi connectivity index (χ0n) is 18.9. The minimum Gasteiger partial charge on any atom is -0.545 e. The molecule has 0 fully saturated rings. The maximum atomic E-state index is 12.9. The van der Waals surface area contributed by atoms with E-state index in [1.54, 1.807) is 12.3 Å². The van der Waals surface area contributed by atoms with Crippen LogP contribution in [0.4, 0.5) is 18.9 Å². The molecule has 10 heteroatoms. The van der Waals surface area contributed by atoms with Gasteiger partial charge in [-0.3, -0.25) is 9.78 Å². The molecule has 176 valence electrons. The van der Waals surface area contributed by atoms with Crippen LogP contribution in [0.5, 0.6) is 5.75 Å². The normalized spacial score (nSPS) is 10.8. The molecule has 36 heavy (non-hydrogen) atoms. The molecule has 1 amide bonds. The average Bonchev–Trinajstić information content (AvgIpc) is 2.84. The number of carbonyl (C=O) groups is 2. The number of carboxylic acids is 1. The first-order valence-electron chi connectivity index (χ1n) is 10.2. The van der Waals surface area contributed by atoms with Crippen LogP contribution in [0.15, 0.2) is 91.3 Å². The number of alkyl halides is 3. The van der Waals surface area contributed by atoms with Gasteiger partial charge in [0.25, 0.3) is 5.91 Å². The fraction of sp³-hybridized carbons (Fsp3) is 0.0385. The SMILES string of the molecule is O=C(Nc1cc(-c2ccccc2OC(F)(F)F)ccc1C(=O)[O-])c1cncc(-c2ccccc2)c1.[Na+]. The van der Waals surface area contributed by atoms with Gasteiger partial charge < -0.3 is 20.0 Å². The summed E-state index contributed by atoms with van der Waals surface area (Å²) in [5, 5.41) is 14.1. The summed E-state index contributed by atoms with van der Waals surface area (Å²) in [6, 6.07) is 19.9. The fourth-order valence-corrected chi connectivity index (χ4v) is 3.46. The van der Waals surface area contributed by atoms with Crippen molar-refractivity contribution in [3.63, 3.8) is 0 Å². The van der Waals surface area contributed by atoms with Crippen LogP contribution in [-0.2, 0) is 0 Å². The van der Waals surface area contributed by atoms with Crippen LogP contribution in [0.2, 0.25) is 0 Å². The Labute approximate surface area is 226 Å². The maximum absolute atomic E-state index is 12.9. The number of para-hydroxylation sites is 1. The number of carbonyl (C=O) groups excluding carboxylic acids is 2. The first-order valence-corrected chi connectivity index (χ1v) is 10.2. The number of hydrogen-bond donors (Lipinski definition) is 1.